The first-order chi connectivity index (χ1) is 6.43. The molecule has 1 fully saturated rings. The highest BCUT2D eigenvalue weighted by molar-refractivity contribution is 4.60. The molecular weight excluding hydrogens is 174 g/mol. The lowest BCUT2D eigenvalue weighted by Crippen LogP contribution is -2.34. The molecule has 1 saturated heterocycles. The lowest BCUT2D eigenvalue weighted by Gasteiger charge is -2.22. The van der Waals surface area contributed by atoms with Crippen molar-refractivity contribution in [1.29, 1.82) is 0 Å². The van der Waals surface area contributed by atoms with Crippen molar-refractivity contribution in [2.75, 3.05) is 40.3 Å². The summed E-state index contributed by atoms with van der Waals surface area (Å²) in [4.78, 5) is 5.08. The quantitative estimate of drug-likeness (QED) is 0.470. The molecule has 1 unspecified atom stereocenters. The van der Waals surface area contributed by atoms with Crippen LogP contribution in [0, 0.1) is 0 Å². The topological polar surface area (TPSA) is 49.0 Å². The highest BCUT2D eigenvalue weighted by atomic mass is 16.7. The van der Waals surface area contributed by atoms with Gasteiger partial charge in [0.05, 0.1) is 25.9 Å². The molecule has 0 amide bonds. The third-order valence-corrected chi connectivity index (χ3v) is 1.77. The van der Waals surface area contributed by atoms with Crippen LogP contribution in [0.15, 0.2) is 0 Å². The molecule has 0 radical (unpaired) electrons. The van der Waals surface area contributed by atoms with Gasteiger partial charge in [0.15, 0.2) is 0 Å². The van der Waals surface area contributed by atoms with Crippen LogP contribution in [-0.2, 0) is 19.0 Å². The Bertz CT molecular complexity index is 117. The van der Waals surface area contributed by atoms with Gasteiger partial charge in [0.2, 0.25) is 0 Å². The molecule has 1 aliphatic heterocycles. The Morgan fingerprint density at radius 2 is 2.38 bits per heavy atom. The number of hydrogen-bond acceptors (Lipinski definition) is 5. The van der Waals surface area contributed by atoms with Crippen molar-refractivity contribution < 1.29 is 19.0 Å². The van der Waals surface area contributed by atoms with E-state index in [1.807, 2.05) is 0 Å². The third kappa shape index (κ3) is 5.17. The van der Waals surface area contributed by atoms with Gasteiger partial charge >= 0.3 is 0 Å². The Labute approximate surface area is 78.2 Å². The molecule has 13 heavy (non-hydrogen) atoms. The third-order valence-electron chi connectivity index (χ3n) is 1.77. The molecule has 0 spiro atoms. The van der Waals surface area contributed by atoms with Gasteiger partial charge in [-0.15, -0.1) is 0 Å². The van der Waals surface area contributed by atoms with E-state index in [1.165, 1.54) is 0 Å². The fourth-order valence-electron chi connectivity index (χ4n) is 1.01. The first-order valence-corrected chi connectivity index (χ1v) is 4.46. The summed E-state index contributed by atoms with van der Waals surface area (Å²) in [5.74, 6) is 0. The second-order valence-corrected chi connectivity index (χ2v) is 2.79. The average molecular weight is 191 g/mol. The van der Waals surface area contributed by atoms with E-state index in [1.54, 1.807) is 7.11 Å². The van der Waals surface area contributed by atoms with E-state index in [4.69, 9.17) is 19.0 Å². The zero-order chi connectivity index (χ0) is 9.36. The van der Waals surface area contributed by atoms with Gasteiger partial charge in [-0.2, -0.15) is 5.48 Å². The second kappa shape index (κ2) is 7.23. The number of rotatable bonds is 6. The molecule has 0 aromatic heterocycles. The number of hydrogen-bond donors (Lipinski definition) is 1. The van der Waals surface area contributed by atoms with Crippen molar-refractivity contribution in [2.24, 2.45) is 0 Å². The highest BCUT2D eigenvalue weighted by Crippen LogP contribution is 2.03. The van der Waals surface area contributed by atoms with Crippen molar-refractivity contribution in [3.63, 3.8) is 0 Å². The number of nitrogens with one attached hydrogen (secondary N) is 1. The predicted octanol–water partition coefficient (Wildman–Crippen LogP) is -0.0830. The van der Waals surface area contributed by atoms with Crippen LogP contribution in [0.25, 0.3) is 0 Å². The standard InChI is InChI=1S/C8H17NO4/c1-10-4-5-13-9-6-8-2-3-11-7-12-8/h8-9H,2-7H2,1H3. The maximum Gasteiger partial charge on any atom is 0.147 e. The number of methoxy groups -OCH3 is 1. The molecule has 1 heterocycles. The molecule has 1 aliphatic rings. The van der Waals surface area contributed by atoms with Crippen LogP contribution in [0.5, 0.6) is 0 Å². The molecule has 5 nitrogen and oxygen atoms in total. The number of hydroxylamine groups is 1. The summed E-state index contributed by atoms with van der Waals surface area (Å²) in [6, 6.07) is 0. The average Bonchev–Trinajstić information content (AvgIpc) is 2.19. The van der Waals surface area contributed by atoms with Gasteiger partial charge in [-0.1, -0.05) is 0 Å². The molecule has 0 aromatic rings. The first-order valence-electron chi connectivity index (χ1n) is 4.46. The molecular formula is C8H17NO4. The summed E-state index contributed by atoms with van der Waals surface area (Å²) in [5.41, 5.74) is 2.83. The molecule has 0 aliphatic carbocycles. The summed E-state index contributed by atoms with van der Waals surface area (Å²) in [6.07, 6.45) is 1.12. The van der Waals surface area contributed by atoms with Gasteiger partial charge < -0.3 is 14.2 Å². The van der Waals surface area contributed by atoms with Crippen LogP contribution in [0.4, 0.5) is 0 Å². The largest absolute Gasteiger partial charge is 0.382 e. The minimum Gasteiger partial charge on any atom is -0.382 e. The zero-order valence-electron chi connectivity index (χ0n) is 7.95. The molecule has 0 bridgehead atoms. The van der Waals surface area contributed by atoms with Gasteiger partial charge in [-0.05, 0) is 6.42 Å². The summed E-state index contributed by atoms with van der Waals surface area (Å²) < 4.78 is 15.1. The van der Waals surface area contributed by atoms with E-state index in [2.05, 4.69) is 5.48 Å². The molecule has 0 aromatic carbocycles. The Balaban J connectivity index is 1.86. The minimum atomic E-state index is 0.205. The van der Waals surface area contributed by atoms with E-state index >= 15 is 0 Å². The Morgan fingerprint density at radius 1 is 1.46 bits per heavy atom. The van der Waals surface area contributed by atoms with Crippen LogP contribution in [0.2, 0.25) is 0 Å². The number of ether oxygens (including phenoxy) is 3. The predicted molar refractivity (Wildman–Crippen MR) is 46.1 cm³/mol. The van der Waals surface area contributed by atoms with Gasteiger partial charge in [-0.25, -0.2) is 0 Å². The molecule has 0 saturated carbocycles. The Kier molecular flexibility index (Phi) is 6.05. The Morgan fingerprint density at radius 3 is 3.08 bits per heavy atom. The van der Waals surface area contributed by atoms with Crippen molar-refractivity contribution in [3.8, 4) is 0 Å². The molecule has 1 atom stereocenters. The van der Waals surface area contributed by atoms with Gasteiger partial charge in [-0.3, -0.25) is 4.84 Å². The molecule has 5 heteroatoms. The first kappa shape index (κ1) is 10.9. The maximum atomic E-state index is 5.29. The lowest BCUT2D eigenvalue weighted by molar-refractivity contribution is -0.146. The lowest BCUT2D eigenvalue weighted by atomic mass is 10.2. The summed E-state index contributed by atoms with van der Waals surface area (Å²) in [6.45, 7) is 3.02. The zero-order valence-corrected chi connectivity index (χ0v) is 7.95. The van der Waals surface area contributed by atoms with E-state index in [0.29, 0.717) is 26.6 Å². The highest BCUT2D eigenvalue weighted by Gasteiger charge is 2.13. The van der Waals surface area contributed by atoms with Crippen LogP contribution in [-0.4, -0.2) is 46.4 Å². The van der Waals surface area contributed by atoms with Crippen LogP contribution >= 0.6 is 0 Å². The molecule has 78 valence electrons. The van der Waals surface area contributed by atoms with Crippen molar-refractivity contribution in [3.05, 3.63) is 0 Å². The van der Waals surface area contributed by atoms with Gasteiger partial charge in [0, 0.05) is 13.7 Å². The normalized spacial score (nSPS) is 23.3. The van der Waals surface area contributed by atoms with Gasteiger partial charge in [0.25, 0.3) is 0 Å². The van der Waals surface area contributed by atoms with E-state index < -0.39 is 0 Å². The molecule has 1 rings (SSSR count). The summed E-state index contributed by atoms with van der Waals surface area (Å²) in [7, 11) is 1.64. The molecule has 1 N–H and O–H groups in total. The summed E-state index contributed by atoms with van der Waals surface area (Å²) >= 11 is 0. The summed E-state index contributed by atoms with van der Waals surface area (Å²) in [5, 5.41) is 0. The van der Waals surface area contributed by atoms with Crippen molar-refractivity contribution in [1.82, 2.24) is 5.48 Å². The van der Waals surface area contributed by atoms with Crippen LogP contribution < -0.4 is 5.48 Å². The smallest absolute Gasteiger partial charge is 0.147 e. The van der Waals surface area contributed by atoms with E-state index in [0.717, 1.165) is 13.0 Å². The van der Waals surface area contributed by atoms with Gasteiger partial charge in [0.1, 0.15) is 6.79 Å². The monoisotopic (exact) mass is 191 g/mol. The van der Waals surface area contributed by atoms with E-state index in [9.17, 15) is 0 Å². The minimum absolute atomic E-state index is 0.205. The maximum absolute atomic E-state index is 5.29. The van der Waals surface area contributed by atoms with Crippen molar-refractivity contribution in [2.45, 2.75) is 12.5 Å². The SMILES string of the molecule is COCCONCC1CCOCO1. The fourth-order valence-corrected chi connectivity index (χ4v) is 1.01. The van der Waals surface area contributed by atoms with E-state index in [-0.39, 0.29) is 6.10 Å². The van der Waals surface area contributed by atoms with Crippen molar-refractivity contribution >= 4 is 0 Å². The second-order valence-electron chi connectivity index (χ2n) is 2.79. The van der Waals surface area contributed by atoms with Crippen LogP contribution in [0.1, 0.15) is 6.42 Å². The Hall–Kier alpha value is -0.200. The fraction of sp³-hybridized carbons (Fsp3) is 1.00. The van der Waals surface area contributed by atoms with Crippen LogP contribution in [0.3, 0.4) is 0 Å².